The molecule has 9 nitrogen and oxygen atoms in total. The van der Waals surface area contributed by atoms with Gasteiger partial charge in [-0.05, 0) is 24.3 Å². The minimum absolute atomic E-state index is 0.0770. The normalized spacial score (nSPS) is 23.1. The van der Waals surface area contributed by atoms with Crippen LogP contribution in [0.5, 0.6) is 0 Å². The van der Waals surface area contributed by atoms with Crippen molar-refractivity contribution >= 4 is 0 Å². The maximum atomic E-state index is 14.3. The van der Waals surface area contributed by atoms with E-state index >= 15 is 0 Å². The Labute approximate surface area is 221 Å². The van der Waals surface area contributed by atoms with Crippen LogP contribution in [0.1, 0.15) is 11.7 Å². The third-order valence-corrected chi connectivity index (χ3v) is 6.63. The first-order valence-electron chi connectivity index (χ1n) is 11.8. The summed E-state index contributed by atoms with van der Waals surface area (Å²) in [6.07, 6.45) is -3.40. The van der Waals surface area contributed by atoms with E-state index in [1.54, 1.807) is 0 Å². The van der Waals surface area contributed by atoms with E-state index in [9.17, 15) is 36.6 Å². The van der Waals surface area contributed by atoms with Crippen LogP contribution < -0.4 is 0 Å². The van der Waals surface area contributed by atoms with Crippen molar-refractivity contribution in [3.8, 4) is 22.6 Å². The van der Waals surface area contributed by atoms with Gasteiger partial charge in [0.25, 0.3) is 0 Å². The first kappa shape index (κ1) is 27.8. The van der Waals surface area contributed by atoms with Crippen molar-refractivity contribution in [3.63, 3.8) is 0 Å². The zero-order chi connectivity index (χ0) is 28.7. The number of hydrogen-bond donors (Lipinski definition) is 2. The Bertz CT molecular complexity index is 1530. The summed E-state index contributed by atoms with van der Waals surface area (Å²) in [6.45, 7) is -0.631. The first-order chi connectivity index (χ1) is 19.1. The molecular weight excluding hydrogens is 550 g/mol. The maximum Gasteiger partial charge on any atom is 0.195 e. The van der Waals surface area contributed by atoms with Gasteiger partial charge in [-0.2, -0.15) is 0 Å². The van der Waals surface area contributed by atoms with Gasteiger partial charge in [0.1, 0.15) is 30.0 Å². The molecule has 0 aliphatic carbocycles. The van der Waals surface area contributed by atoms with Gasteiger partial charge in [0.2, 0.25) is 0 Å². The molecule has 0 spiro atoms. The Morgan fingerprint density at radius 2 is 1.57 bits per heavy atom. The van der Waals surface area contributed by atoms with Gasteiger partial charge in [-0.15, -0.1) is 5.10 Å². The summed E-state index contributed by atoms with van der Waals surface area (Å²) in [4.78, 5) is 0. The van der Waals surface area contributed by atoms with Crippen LogP contribution in [0.4, 0.5) is 26.3 Å². The highest BCUT2D eigenvalue weighted by Crippen LogP contribution is 2.35. The monoisotopic (exact) mass is 570 g/mol. The third kappa shape index (κ3) is 4.85. The molecule has 0 bridgehead atoms. The number of aromatic nitrogens is 4. The van der Waals surface area contributed by atoms with Crippen LogP contribution in [0.2, 0.25) is 0 Å². The molecule has 2 aromatic heterocycles. The fourth-order valence-electron chi connectivity index (χ4n) is 4.66. The van der Waals surface area contributed by atoms with Crippen LogP contribution in [0, 0.1) is 34.9 Å². The maximum absolute atomic E-state index is 14.3. The molecule has 0 amide bonds. The third-order valence-electron chi connectivity index (χ3n) is 6.63. The molecule has 2 aromatic carbocycles. The fourth-order valence-corrected chi connectivity index (χ4v) is 4.66. The molecule has 2 N–H and O–H groups in total. The van der Waals surface area contributed by atoms with Crippen LogP contribution in [0.3, 0.4) is 0 Å². The number of rotatable bonds is 7. The quantitative estimate of drug-likeness (QED) is 0.257. The molecule has 1 aliphatic heterocycles. The topological polar surface area (TPSA) is 116 Å². The lowest BCUT2D eigenvalue weighted by Gasteiger charge is -2.43. The van der Waals surface area contributed by atoms with E-state index in [4.69, 9.17) is 14.0 Å². The van der Waals surface area contributed by atoms with Gasteiger partial charge >= 0.3 is 0 Å². The van der Waals surface area contributed by atoms with Gasteiger partial charge in [0.05, 0.1) is 30.2 Å². The molecule has 0 radical (unpaired) electrons. The number of nitrogens with zero attached hydrogens (tertiary/aromatic N) is 4. The lowest BCUT2D eigenvalue weighted by atomic mass is 9.90. The Balaban J connectivity index is 1.44. The average molecular weight is 570 g/mol. The molecule has 40 heavy (non-hydrogen) atoms. The summed E-state index contributed by atoms with van der Waals surface area (Å²) in [5, 5.41) is 32.3. The van der Waals surface area contributed by atoms with Crippen LogP contribution in [-0.2, 0) is 15.9 Å². The number of benzene rings is 2. The SMILES string of the molecule is CO[C@@H]1[C@@H](n2cc(-c3ccc(F)c(F)c3F)nn2)[C@@H](O)[C@@H](CO)O[C@@H]1Cc1cc(-c2ccc(F)c(F)c2F)on1. The van der Waals surface area contributed by atoms with E-state index in [-0.39, 0.29) is 34.7 Å². The molecule has 15 heteroatoms. The molecule has 0 saturated carbocycles. The summed E-state index contributed by atoms with van der Waals surface area (Å²) in [6, 6.07) is 3.62. The van der Waals surface area contributed by atoms with Crippen LogP contribution in [0.15, 0.2) is 41.1 Å². The highest BCUT2D eigenvalue weighted by molar-refractivity contribution is 5.59. The molecule has 212 valence electrons. The molecule has 4 aromatic rings. The number of aliphatic hydroxyl groups is 2. The average Bonchev–Trinajstić information content (AvgIpc) is 3.61. The molecule has 0 unspecified atom stereocenters. The van der Waals surface area contributed by atoms with E-state index in [0.29, 0.717) is 0 Å². The molecule has 1 fully saturated rings. The Morgan fingerprint density at radius 1 is 0.925 bits per heavy atom. The molecule has 5 rings (SSSR count). The lowest BCUT2D eigenvalue weighted by Crippen LogP contribution is -2.57. The van der Waals surface area contributed by atoms with Crippen LogP contribution in [0.25, 0.3) is 22.6 Å². The first-order valence-corrected chi connectivity index (χ1v) is 11.8. The summed E-state index contributed by atoms with van der Waals surface area (Å²) in [7, 11) is 1.30. The van der Waals surface area contributed by atoms with Crippen molar-refractivity contribution in [2.45, 2.75) is 36.9 Å². The minimum Gasteiger partial charge on any atom is -0.394 e. The van der Waals surface area contributed by atoms with Crippen molar-refractivity contribution in [3.05, 3.63) is 77.1 Å². The second kappa shape index (κ2) is 11.0. The van der Waals surface area contributed by atoms with Gasteiger partial charge in [-0.1, -0.05) is 10.4 Å². The predicted molar refractivity (Wildman–Crippen MR) is 122 cm³/mol. The van der Waals surface area contributed by atoms with E-state index < -0.39 is 72.0 Å². The Hall–Kier alpha value is -3.79. The van der Waals surface area contributed by atoms with Crippen LogP contribution >= 0.6 is 0 Å². The number of hydrogen-bond acceptors (Lipinski definition) is 8. The summed E-state index contributed by atoms with van der Waals surface area (Å²) < 4.78 is 100. The smallest absolute Gasteiger partial charge is 0.195 e. The summed E-state index contributed by atoms with van der Waals surface area (Å²) in [5.41, 5.74) is -0.736. The van der Waals surface area contributed by atoms with Gasteiger partial charge < -0.3 is 24.2 Å². The number of methoxy groups -OCH3 is 1. The van der Waals surface area contributed by atoms with Crippen molar-refractivity contribution in [2.75, 3.05) is 13.7 Å². The van der Waals surface area contributed by atoms with Crippen molar-refractivity contribution in [1.82, 2.24) is 20.2 Å². The Morgan fingerprint density at radius 3 is 2.23 bits per heavy atom. The van der Waals surface area contributed by atoms with E-state index in [2.05, 4.69) is 15.5 Å². The van der Waals surface area contributed by atoms with Gasteiger partial charge in [0, 0.05) is 25.2 Å². The minimum atomic E-state index is -1.69. The van der Waals surface area contributed by atoms with Crippen molar-refractivity contribution in [2.24, 2.45) is 0 Å². The standard InChI is InChI=1S/C25H20F6N4O5/c1-38-25-17(7-10-6-16(40-33-10)12-3-5-14(27)22(31)20(12)29)39-18(9-36)24(37)23(25)35-8-15(32-34-35)11-2-4-13(26)21(30)19(11)28/h2-6,8,17-18,23-25,36-37H,7,9H2,1H3/t17-,18-,23+,24+,25+/m1/s1. The van der Waals surface area contributed by atoms with Gasteiger partial charge in [0.15, 0.2) is 40.7 Å². The number of halogens is 6. The van der Waals surface area contributed by atoms with Gasteiger partial charge in [-0.25, -0.2) is 31.0 Å². The molecule has 1 aliphatic rings. The van der Waals surface area contributed by atoms with Crippen molar-refractivity contribution < 1.29 is 50.6 Å². The second-order valence-corrected chi connectivity index (χ2v) is 8.99. The predicted octanol–water partition coefficient (Wildman–Crippen LogP) is 3.35. The second-order valence-electron chi connectivity index (χ2n) is 8.99. The largest absolute Gasteiger partial charge is 0.394 e. The zero-order valence-corrected chi connectivity index (χ0v) is 20.4. The highest BCUT2D eigenvalue weighted by atomic mass is 19.2. The van der Waals surface area contributed by atoms with E-state index in [1.165, 1.54) is 19.4 Å². The molecule has 1 saturated heterocycles. The van der Waals surface area contributed by atoms with E-state index in [0.717, 1.165) is 28.9 Å². The summed E-state index contributed by atoms with van der Waals surface area (Å²) in [5.74, 6) is -9.26. The fraction of sp³-hybridized carbons (Fsp3) is 0.320. The Kier molecular flexibility index (Phi) is 7.63. The molecule has 5 atom stereocenters. The molecular formula is C25H20F6N4O5. The number of aliphatic hydroxyl groups excluding tert-OH is 2. The van der Waals surface area contributed by atoms with Gasteiger partial charge in [-0.3, -0.25) is 0 Å². The van der Waals surface area contributed by atoms with E-state index in [1.807, 2.05) is 0 Å². The lowest BCUT2D eigenvalue weighted by molar-refractivity contribution is -0.212. The highest BCUT2D eigenvalue weighted by Gasteiger charge is 2.47. The molecule has 3 heterocycles. The number of ether oxygens (including phenoxy) is 2. The summed E-state index contributed by atoms with van der Waals surface area (Å²) >= 11 is 0. The van der Waals surface area contributed by atoms with Crippen molar-refractivity contribution in [1.29, 1.82) is 0 Å². The van der Waals surface area contributed by atoms with Crippen LogP contribution in [-0.4, -0.2) is 68.5 Å². The zero-order valence-electron chi connectivity index (χ0n) is 20.4.